The van der Waals surface area contributed by atoms with Crippen molar-refractivity contribution in [3.05, 3.63) is 12.3 Å². The highest BCUT2D eigenvalue weighted by atomic mass is 16.6. The van der Waals surface area contributed by atoms with E-state index in [1.54, 1.807) is 6.20 Å². The van der Waals surface area contributed by atoms with Crippen LogP contribution < -0.4 is 10.1 Å². The van der Waals surface area contributed by atoms with Crippen LogP contribution in [0.15, 0.2) is 12.3 Å². The van der Waals surface area contributed by atoms with Gasteiger partial charge in [-0.1, -0.05) is 6.92 Å². The van der Waals surface area contributed by atoms with Crippen LogP contribution in [0, 0.1) is 0 Å². The maximum atomic E-state index is 5.09. The van der Waals surface area contributed by atoms with E-state index in [2.05, 4.69) is 17.2 Å². The zero-order valence-corrected chi connectivity index (χ0v) is 6.42. The van der Waals surface area contributed by atoms with Crippen molar-refractivity contribution in [1.82, 2.24) is 4.98 Å². The van der Waals surface area contributed by atoms with Gasteiger partial charge in [-0.05, 0) is 12.5 Å². The fourth-order valence-electron chi connectivity index (χ4n) is 0.980. The molecule has 0 bridgehead atoms. The molecule has 0 amide bonds. The molecule has 3 nitrogen and oxygen atoms in total. The molecule has 0 saturated carbocycles. The minimum atomic E-state index is 0.770. The van der Waals surface area contributed by atoms with Gasteiger partial charge >= 0.3 is 0 Å². The Kier molecular flexibility index (Phi) is 1.42. The number of fused-ring (bicyclic) bond motifs is 1. The summed E-state index contributed by atoms with van der Waals surface area (Å²) in [4.78, 5) is 3.98. The van der Waals surface area contributed by atoms with Crippen molar-refractivity contribution >= 4 is 5.69 Å². The normalized spacial score (nSPS) is 11.7. The van der Waals surface area contributed by atoms with E-state index in [4.69, 9.17) is 4.74 Å². The summed E-state index contributed by atoms with van der Waals surface area (Å²) in [6.07, 6.45) is 2.88. The topological polar surface area (TPSA) is 37.5 Å². The van der Waals surface area contributed by atoms with Crippen LogP contribution in [0.25, 0.3) is 0 Å². The van der Waals surface area contributed by atoms with Gasteiger partial charge in [0, 0.05) is 12.7 Å². The number of aromatic nitrogens is 1. The summed E-state index contributed by atoms with van der Waals surface area (Å²) < 4.78 is 5.09. The molecule has 1 N–H and O–H groups in total. The van der Waals surface area contributed by atoms with Gasteiger partial charge in [-0.15, -0.1) is 0 Å². The molecule has 58 valence electrons. The van der Waals surface area contributed by atoms with Crippen molar-refractivity contribution in [1.29, 1.82) is 0 Å². The second-order valence-corrected chi connectivity index (χ2v) is 2.52. The monoisotopic (exact) mass is 150 g/mol. The first-order valence-electron chi connectivity index (χ1n) is 3.82. The van der Waals surface area contributed by atoms with E-state index < -0.39 is 0 Å². The maximum Gasteiger partial charge on any atom is 0.265 e. The average molecular weight is 150 g/mol. The molecule has 0 fully saturated rings. The smallest absolute Gasteiger partial charge is 0.265 e. The summed E-state index contributed by atoms with van der Waals surface area (Å²) in [5.74, 6) is 1.69. The van der Waals surface area contributed by atoms with Crippen molar-refractivity contribution in [3.8, 4) is 11.6 Å². The summed E-state index contributed by atoms with van der Waals surface area (Å²) in [6.45, 7) is 3.12. The van der Waals surface area contributed by atoms with Gasteiger partial charge in [-0.2, -0.15) is 0 Å². The highest BCUT2D eigenvalue weighted by Gasteiger charge is 2.25. The van der Waals surface area contributed by atoms with E-state index in [-0.39, 0.29) is 0 Å². The first-order chi connectivity index (χ1) is 5.42. The average Bonchev–Trinajstić information content (AvgIpc) is 2.79. The molecule has 0 unspecified atom stereocenters. The van der Waals surface area contributed by atoms with E-state index in [9.17, 15) is 0 Å². The molecule has 2 rings (SSSR count). The molecule has 0 atom stereocenters. The minimum absolute atomic E-state index is 0.770. The molecule has 0 radical (unpaired) electrons. The van der Waals surface area contributed by atoms with Crippen LogP contribution in [0.5, 0.6) is 11.6 Å². The third-order valence-electron chi connectivity index (χ3n) is 1.59. The number of nitrogens with one attached hydrogen (secondary N) is 1. The first kappa shape index (κ1) is 6.46. The molecule has 0 aliphatic carbocycles. The molecule has 2 heterocycles. The SMILES string of the molecule is CCCNc1ccnc2c1O2. The Hall–Kier alpha value is -1.25. The molecule has 0 aromatic carbocycles. The molecular formula is C8H10N2O. The quantitative estimate of drug-likeness (QED) is 0.680. The largest absolute Gasteiger partial charge is 0.428 e. The lowest BCUT2D eigenvalue weighted by atomic mass is 10.4. The molecule has 1 aliphatic rings. The fraction of sp³-hybridized carbons (Fsp3) is 0.375. The molecule has 11 heavy (non-hydrogen) atoms. The van der Waals surface area contributed by atoms with Gasteiger partial charge in [0.05, 0.1) is 5.69 Å². The van der Waals surface area contributed by atoms with Gasteiger partial charge < -0.3 is 10.1 Å². The predicted molar refractivity (Wildman–Crippen MR) is 43.1 cm³/mol. The van der Waals surface area contributed by atoms with Crippen molar-refractivity contribution in [2.45, 2.75) is 13.3 Å². The van der Waals surface area contributed by atoms with Gasteiger partial charge in [-0.25, -0.2) is 4.98 Å². The summed E-state index contributed by atoms with van der Waals surface area (Å²) in [7, 11) is 0. The highest BCUT2D eigenvalue weighted by molar-refractivity contribution is 5.68. The second kappa shape index (κ2) is 2.42. The number of anilines is 1. The standard InChI is InChI=1S/C8H10N2O/c1-2-4-9-6-3-5-10-8-7(6)11-8/h3,5H,2,4H2,1H3,(H,9,10). The van der Waals surface area contributed by atoms with E-state index in [0.29, 0.717) is 0 Å². The number of ether oxygens (including phenoxy) is 1. The van der Waals surface area contributed by atoms with Gasteiger partial charge in [0.25, 0.3) is 5.88 Å². The zero-order chi connectivity index (χ0) is 7.68. The lowest BCUT2D eigenvalue weighted by molar-refractivity contribution is 0.635. The van der Waals surface area contributed by atoms with E-state index in [0.717, 1.165) is 30.3 Å². The maximum absolute atomic E-state index is 5.09. The number of nitrogens with zero attached hydrogens (tertiary/aromatic N) is 1. The number of hydrogen-bond acceptors (Lipinski definition) is 3. The van der Waals surface area contributed by atoms with Gasteiger partial charge in [0.1, 0.15) is 0 Å². The third kappa shape index (κ3) is 1.13. The molecule has 3 heteroatoms. The van der Waals surface area contributed by atoms with Crippen LogP contribution in [0.2, 0.25) is 0 Å². The number of pyridine rings is 1. The van der Waals surface area contributed by atoms with Crippen molar-refractivity contribution in [2.75, 3.05) is 11.9 Å². The lowest BCUT2D eigenvalue weighted by Crippen LogP contribution is -1.97. The molecule has 0 spiro atoms. The van der Waals surface area contributed by atoms with Crippen LogP contribution >= 0.6 is 0 Å². The molecular weight excluding hydrogens is 140 g/mol. The molecule has 1 aromatic rings. The second-order valence-electron chi connectivity index (χ2n) is 2.52. The Balaban J connectivity index is 2.09. The summed E-state index contributed by atoms with van der Waals surface area (Å²) >= 11 is 0. The van der Waals surface area contributed by atoms with Crippen LogP contribution in [-0.4, -0.2) is 11.5 Å². The summed E-state index contributed by atoms with van der Waals surface area (Å²) in [6, 6.07) is 1.93. The predicted octanol–water partition coefficient (Wildman–Crippen LogP) is 2.01. The molecule has 0 saturated heterocycles. The fourth-order valence-corrected chi connectivity index (χ4v) is 0.980. The Morgan fingerprint density at radius 2 is 2.55 bits per heavy atom. The van der Waals surface area contributed by atoms with Crippen LogP contribution in [-0.2, 0) is 0 Å². The number of rotatable bonds is 3. The van der Waals surface area contributed by atoms with Crippen LogP contribution in [0.4, 0.5) is 5.69 Å². The Labute approximate surface area is 65.4 Å². The Bertz CT molecular complexity index is 273. The van der Waals surface area contributed by atoms with Gasteiger partial charge in [-0.3, -0.25) is 0 Å². The van der Waals surface area contributed by atoms with E-state index >= 15 is 0 Å². The zero-order valence-electron chi connectivity index (χ0n) is 6.42. The molecule has 1 aliphatic heterocycles. The minimum Gasteiger partial charge on any atom is -0.428 e. The highest BCUT2D eigenvalue weighted by Crippen LogP contribution is 2.48. The Morgan fingerprint density at radius 1 is 1.64 bits per heavy atom. The first-order valence-corrected chi connectivity index (χ1v) is 3.82. The van der Waals surface area contributed by atoms with Gasteiger partial charge in [0.2, 0.25) is 5.75 Å². The van der Waals surface area contributed by atoms with E-state index in [1.807, 2.05) is 6.07 Å². The molecule has 1 aromatic heterocycles. The van der Waals surface area contributed by atoms with Crippen molar-refractivity contribution < 1.29 is 4.74 Å². The summed E-state index contributed by atoms with van der Waals surface area (Å²) in [5, 5.41) is 3.25. The Morgan fingerprint density at radius 3 is 3.36 bits per heavy atom. The van der Waals surface area contributed by atoms with Crippen LogP contribution in [0.3, 0.4) is 0 Å². The van der Waals surface area contributed by atoms with Crippen molar-refractivity contribution in [3.63, 3.8) is 0 Å². The third-order valence-corrected chi connectivity index (χ3v) is 1.59. The summed E-state index contributed by atoms with van der Waals surface area (Å²) in [5.41, 5.74) is 1.07. The van der Waals surface area contributed by atoms with Crippen LogP contribution in [0.1, 0.15) is 13.3 Å². The van der Waals surface area contributed by atoms with Gasteiger partial charge in [0.15, 0.2) is 0 Å². The van der Waals surface area contributed by atoms with E-state index in [1.165, 1.54) is 0 Å². The lowest BCUT2D eigenvalue weighted by Gasteiger charge is -1.99. The number of hydrogen-bond donors (Lipinski definition) is 1. The van der Waals surface area contributed by atoms with Crippen molar-refractivity contribution in [2.24, 2.45) is 0 Å².